The predicted octanol–water partition coefficient (Wildman–Crippen LogP) is 0.318. The van der Waals surface area contributed by atoms with Crippen LogP contribution in [-0.4, -0.2) is 48.7 Å². The van der Waals surface area contributed by atoms with Crippen molar-refractivity contribution in [2.45, 2.75) is 13.3 Å². The molecule has 0 aliphatic rings. The normalized spacial score (nSPS) is 10.9. The molecule has 130 valence electrons. The van der Waals surface area contributed by atoms with E-state index in [9.17, 15) is 14.4 Å². The molecule has 3 N–H and O–H groups in total. The van der Waals surface area contributed by atoms with Crippen LogP contribution in [0, 0.1) is 0 Å². The van der Waals surface area contributed by atoms with Gasteiger partial charge in [0.15, 0.2) is 0 Å². The molecular weight excluding hydrogens is 338 g/mol. The molecule has 24 heavy (non-hydrogen) atoms. The highest BCUT2D eigenvalue weighted by molar-refractivity contribution is 6.35. The molecule has 0 aliphatic carbocycles. The Morgan fingerprint density at radius 1 is 1.29 bits per heavy atom. The molecule has 1 heterocycles. The molecule has 10 heteroatoms. The van der Waals surface area contributed by atoms with Crippen LogP contribution in [0.15, 0.2) is 23.4 Å². The first-order valence-electron chi connectivity index (χ1n) is 6.94. The van der Waals surface area contributed by atoms with Crippen molar-refractivity contribution < 1.29 is 19.1 Å². The molecule has 0 spiro atoms. The number of nitrogens with zero attached hydrogens (tertiary/aromatic N) is 2. The van der Waals surface area contributed by atoms with Crippen LogP contribution in [0.25, 0.3) is 0 Å². The first-order valence-corrected chi connectivity index (χ1v) is 7.32. The van der Waals surface area contributed by atoms with Gasteiger partial charge in [-0.25, -0.2) is 10.4 Å². The lowest BCUT2D eigenvalue weighted by Gasteiger charge is -2.05. The molecule has 0 unspecified atom stereocenters. The lowest BCUT2D eigenvalue weighted by atomic mass is 10.3. The molecule has 3 amide bonds. The molecule has 0 bridgehead atoms. The zero-order valence-electron chi connectivity index (χ0n) is 13.3. The van der Waals surface area contributed by atoms with Gasteiger partial charge in [0.1, 0.15) is 5.82 Å². The zero-order valence-corrected chi connectivity index (χ0v) is 14.0. The molecule has 0 saturated heterocycles. The number of nitrogens with one attached hydrogen (secondary N) is 3. The van der Waals surface area contributed by atoms with E-state index in [4.69, 9.17) is 16.3 Å². The van der Waals surface area contributed by atoms with E-state index in [0.717, 1.165) is 0 Å². The Balaban J connectivity index is 2.40. The largest absolute Gasteiger partial charge is 0.383 e. The fourth-order valence-electron chi connectivity index (χ4n) is 1.45. The highest BCUT2D eigenvalue weighted by Gasteiger charge is 2.12. The van der Waals surface area contributed by atoms with E-state index in [0.29, 0.717) is 23.2 Å². The Morgan fingerprint density at radius 2 is 2.04 bits per heavy atom. The van der Waals surface area contributed by atoms with Crippen molar-refractivity contribution in [3.8, 4) is 0 Å². The fraction of sp³-hybridized carbons (Fsp3) is 0.357. The highest BCUT2D eigenvalue weighted by Crippen LogP contribution is 2.09. The number of ether oxygens (including phenoxy) is 1. The maximum atomic E-state index is 11.8. The number of halogens is 1. The Kier molecular flexibility index (Phi) is 8.37. The van der Waals surface area contributed by atoms with Crippen molar-refractivity contribution in [3.63, 3.8) is 0 Å². The molecule has 0 aromatic carbocycles. The zero-order chi connectivity index (χ0) is 17.9. The number of amides is 3. The number of methoxy groups -OCH3 is 1. The van der Waals surface area contributed by atoms with Gasteiger partial charge in [-0.1, -0.05) is 11.6 Å². The second-order valence-electron chi connectivity index (χ2n) is 4.62. The van der Waals surface area contributed by atoms with Crippen LogP contribution in [0.2, 0.25) is 5.02 Å². The van der Waals surface area contributed by atoms with Crippen molar-refractivity contribution in [2.24, 2.45) is 5.10 Å². The number of aromatic nitrogens is 1. The Morgan fingerprint density at radius 3 is 2.67 bits per heavy atom. The lowest BCUT2D eigenvalue weighted by molar-refractivity contribution is -0.139. The van der Waals surface area contributed by atoms with Crippen LogP contribution < -0.4 is 16.1 Å². The quantitative estimate of drug-likeness (QED) is 0.281. The molecule has 0 aliphatic heterocycles. The summed E-state index contributed by atoms with van der Waals surface area (Å²) >= 11 is 5.69. The number of carbonyl (C=O) groups is 3. The third-order valence-electron chi connectivity index (χ3n) is 2.56. The smallest absolute Gasteiger partial charge is 0.329 e. The van der Waals surface area contributed by atoms with Crippen molar-refractivity contribution in [2.75, 3.05) is 25.6 Å². The van der Waals surface area contributed by atoms with Gasteiger partial charge in [-0.15, -0.1) is 0 Å². The maximum absolute atomic E-state index is 11.8. The van der Waals surface area contributed by atoms with E-state index in [1.165, 1.54) is 20.2 Å². The first kappa shape index (κ1) is 19.5. The topological polar surface area (TPSA) is 122 Å². The summed E-state index contributed by atoms with van der Waals surface area (Å²) in [7, 11) is 1.48. The summed E-state index contributed by atoms with van der Waals surface area (Å²) < 4.78 is 4.74. The second kappa shape index (κ2) is 10.3. The SMILES string of the molecule is COCCNC(=O)C(=O)N/N=C(\C)CC(=O)Nc1ccc(Cl)cn1. The van der Waals surface area contributed by atoms with E-state index in [1.807, 2.05) is 0 Å². The minimum Gasteiger partial charge on any atom is -0.383 e. The third-order valence-corrected chi connectivity index (χ3v) is 2.78. The molecule has 0 fully saturated rings. The number of hydrazone groups is 1. The second-order valence-corrected chi connectivity index (χ2v) is 5.06. The van der Waals surface area contributed by atoms with Crippen LogP contribution in [0.4, 0.5) is 5.82 Å². The van der Waals surface area contributed by atoms with Gasteiger partial charge in [0, 0.05) is 25.6 Å². The summed E-state index contributed by atoms with van der Waals surface area (Å²) in [5, 5.41) is 9.04. The highest BCUT2D eigenvalue weighted by atomic mass is 35.5. The van der Waals surface area contributed by atoms with Crippen LogP contribution in [0.5, 0.6) is 0 Å². The summed E-state index contributed by atoms with van der Waals surface area (Å²) in [5.41, 5.74) is 2.39. The van der Waals surface area contributed by atoms with Crippen molar-refractivity contribution in [1.29, 1.82) is 0 Å². The van der Waals surface area contributed by atoms with E-state index in [-0.39, 0.29) is 18.9 Å². The number of hydrogen-bond acceptors (Lipinski definition) is 6. The average Bonchev–Trinajstić information content (AvgIpc) is 2.54. The van der Waals surface area contributed by atoms with Crippen molar-refractivity contribution in [1.82, 2.24) is 15.7 Å². The molecule has 1 aromatic heterocycles. The summed E-state index contributed by atoms with van der Waals surface area (Å²) in [5.74, 6) is -1.78. The summed E-state index contributed by atoms with van der Waals surface area (Å²) in [6.45, 7) is 2.04. The van der Waals surface area contributed by atoms with Gasteiger partial charge in [0.2, 0.25) is 5.91 Å². The van der Waals surface area contributed by atoms with Crippen LogP contribution in [0.3, 0.4) is 0 Å². The Labute approximate surface area is 143 Å². The average molecular weight is 356 g/mol. The van der Waals surface area contributed by atoms with Crippen LogP contribution in [0.1, 0.15) is 13.3 Å². The molecule has 1 rings (SSSR count). The maximum Gasteiger partial charge on any atom is 0.329 e. The van der Waals surface area contributed by atoms with E-state index < -0.39 is 11.8 Å². The Bertz CT molecular complexity index is 618. The number of pyridine rings is 1. The molecule has 0 saturated carbocycles. The fourth-order valence-corrected chi connectivity index (χ4v) is 1.56. The monoisotopic (exact) mass is 355 g/mol. The minimum atomic E-state index is -0.926. The summed E-state index contributed by atoms with van der Waals surface area (Å²) in [4.78, 5) is 38.5. The standard InChI is InChI=1S/C14H18ClN5O4/c1-9(19-20-14(23)13(22)16-5-6-24-2)7-12(21)18-11-4-3-10(15)8-17-11/h3-4,8H,5-7H2,1-2H3,(H,16,22)(H,20,23)(H,17,18,21)/b19-9+. The van der Waals surface area contributed by atoms with E-state index >= 15 is 0 Å². The van der Waals surface area contributed by atoms with Gasteiger partial charge in [0.25, 0.3) is 0 Å². The molecule has 9 nitrogen and oxygen atoms in total. The minimum absolute atomic E-state index is 0.0735. The molecule has 0 atom stereocenters. The van der Waals surface area contributed by atoms with Gasteiger partial charge < -0.3 is 15.4 Å². The van der Waals surface area contributed by atoms with Crippen molar-refractivity contribution in [3.05, 3.63) is 23.4 Å². The lowest BCUT2D eigenvalue weighted by Crippen LogP contribution is -2.39. The first-order chi connectivity index (χ1) is 11.4. The van der Waals surface area contributed by atoms with Gasteiger partial charge in [-0.05, 0) is 19.1 Å². The number of carbonyl (C=O) groups excluding carboxylic acids is 3. The van der Waals surface area contributed by atoms with Gasteiger partial charge in [0.05, 0.1) is 18.1 Å². The van der Waals surface area contributed by atoms with E-state index in [1.54, 1.807) is 12.1 Å². The summed E-state index contributed by atoms with van der Waals surface area (Å²) in [6.07, 6.45) is 1.33. The molecule has 1 aromatic rings. The Hall–Kier alpha value is -2.52. The number of hydrogen-bond donors (Lipinski definition) is 3. The van der Waals surface area contributed by atoms with Gasteiger partial charge >= 0.3 is 11.8 Å². The molecule has 0 radical (unpaired) electrons. The van der Waals surface area contributed by atoms with Crippen LogP contribution >= 0.6 is 11.6 Å². The van der Waals surface area contributed by atoms with E-state index in [2.05, 4.69) is 26.1 Å². The third kappa shape index (κ3) is 7.65. The van der Waals surface area contributed by atoms with Crippen molar-refractivity contribution >= 4 is 40.9 Å². The summed E-state index contributed by atoms with van der Waals surface area (Å²) in [6, 6.07) is 3.15. The van der Waals surface area contributed by atoms with Gasteiger partial charge in [-0.3, -0.25) is 14.4 Å². The predicted molar refractivity (Wildman–Crippen MR) is 88.6 cm³/mol. The number of anilines is 1. The van der Waals surface area contributed by atoms with Gasteiger partial charge in [-0.2, -0.15) is 5.10 Å². The molecular formula is C14H18ClN5O4. The van der Waals surface area contributed by atoms with Crippen LogP contribution in [-0.2, 0) is 19.1 Å². The number of rotatable bonds is 7.